The van der Waals surface area contributed by atoms with Crippen molar-refractivity contribution in [1.82, 2.24) is 0 Å². The molecule has 0 atom stereocenters. The predicted octanol–water partition coefficient (Wildman–Crippen LogP) is 5.38. The Balaban J connectivity index is 2.50. The molecule has 24 heavy (non-hydrogen) atoms. The zero-order chi connectivity index (χ0) is 18.1. The summed E-state index contributed by atoms with van der Waals surface area (Å²) in [4.78, 5) is 9.85. The van der Waals surface area contributed by atoms with E-state index in [1.165, 1.54) is 6.07 Å². The summed E-state index contributed by atoms with van der Waals surface area (Å²) in [5.41, 5.74) is -4.34. The minimum Gasteiger partial charge on any atom is -0.349 e. The molecular formula is C14H8F6N2O2. The van der Waals surface area contributed by atoms with Crippen LogP contribution in [0, 0.1) is 10.1 Å². The van der Waals surface area contributed by atoms with Crippen LogP contribution in [0.25, 0.3) is 0 Å². The highest BCUT2D eigenvalue weighted by molar-refractivity contribution is 5.72. The highest BCUT2D eigenvalue weighted by atomic mass is 19.4. The average molecular weight is 350 g/mol. The lowest BCUT2D eigenvalue weighted by Crippen LogP contribution is -2.10. The van der Waals surface area contributed by atoms with E-state index in [4.69, 9.17) is 0 Å². The zero-order valence-corrected chi connectivity index (χ0v) is 11.6. The van der Waals surface area contributed by atoms with E-state index < -0.39 is 45.5 Å². The molecule has 1 N–H and O–H groups in total. The topological polar surface area (TPSA) is 55.2 Å². The molecule has 2 aromatic rings. The molecule has 0 spiro atoms. The summed E-state index contributed by atoms with van der Waals surface area (Å²) in [6, 6.07) is 5.67. The average Bonchev–Trinajstić information content (AvgIpc) is 2.45. The molecule has 0 heterocycles. The maximum Gasteiger partial charge on any atom is 0.418 e. The molecule has 0 aliphatic heterocycles. The fourth-order valence-corrected chi connectivity index (χ4v) is 1.95. The summed E-state index contributed by atoms with van der Waals surface area (Å²) in [5.74, 6) is 0. The first-order valence-electron chi connectivity index (χ1n) is 6.29. The first kappa shape index (κ1) is 17.6. The number of benzene rings is 2. The molecule has 0 unspecified atom stereocenters. The van der Waals surface area contributed by atoms with Gasteiger partial charge >= 0.3 is 12.4 Å². The van der Waals surface area contributed by atoms with E-state index in [1.54, 1.807) is 0 Å². The smallest absolute Gasteiger partial charge is 0.349 e. The van der Waals surface area contributed by atoms with E-state index >= 15 is 0 Å². The number of halogens is 6. The zero-order valence-electron chi connectivity index (χ0n) is 11.6. The summed E-state index contributed by atoms with van der Waals surface area (Å²) in [5, 5.41) is 13.1. The number of hydrogen-bond acceptors (Lipinski definition) is 3. The van der Waals surface area contributed by atoms with Gasteiger partial charge in [0.25, 0.3) is 5.69 Å². The van der Waals surface area contributed by atoms with Gasteiger partial charge in [-0.25, -0.2) is 0 Å². The molecule has 0 aliphatic carbocycles. The molecule has 0 saturated heterocycles. The van der Waals surface area contributed by atoms with Gasteiger partial charge in [-0.3, -0.25) is 10.1 Å². The number of alkyl halides is 6. The first-order valence-corrected chi connectivity index (χ1v) is 6.29. The minimum absolute atomic E-state index is 0.262. The van der Waals surface area contributed by atoms with Crippen molar-refractivity contribution in [2.75, 3.05) is 5.32 Å². The third-order valence-corrected chi connectivity index (χ3v) is 3.02. The van der Waals surface area contributed by atoms with Gasteiger partial charge in [0, 0.05) is 6.07 Å². The third-order valence-electron chi connectivity index (χ3n) is 3.02. The Morgan fingerprint density at radius 1 is 0.875 bits per heavy atom. The van der Waals surface area contributed by atoms with Crippen LogP contribution >= 0.6 is 0 Å². The van der Waals surface area contributed by atoms with Crippen molar-refractivity contribution in [1.29, 1.82) is 0 Å². The summed E-state index contributed by atoms with van der Waals surface area (Å²) in [7, 11) is 0. The number of anilines is 2. The second-order valence-corrected chi connectivity index (χ2v) is 4.66. The van der Waals surface area contributed by atoms with Gasteiger partial charge < -0.3 is 5.32 Å². The number of hydrogen-bond donors (Lipinski definition) is 1. The lowest BCUT2D eigenvalue weighted by molar-refractivity contribution is -0.384. The Hall–Kier alpha value is -2.78. The van der Waals surface area contributed by atoms with Crippen molar-refractivity contribution in [3.8, 4) is 0 Å². The first-order chi connectivity index (χ1) is 11.0. The van der Waals surface area contributed by atoms with Crippen molar-refractivity contribution in [3.05, 3.63) is 63.7 Å². The SMILES string of the molecule is O=[N+]([O-])c1cc(C(F)(F)F)ccc1Nc1ccccc1C(F)(F)F. The molecule has 0 saturated carbocycles. The quantitative estimate of drug-likeness (QED) is 0.460. The number of rotatable bonds is 3. The Morgan fingerprint density at radius 2 is 1.50 bits per heavy atom. The van der Waals surface area contributed by atoms with Gasteiger partial charge in [0.1, 0.15) is 5.69 Å². The summed E-state index contributed by atoms with van der Waals surface area (Å²) < 4.78 is 76.6. The van der Waals surface area contributed by atoms with E-state index in [2.05, 4.69) is 5.32 Å². The predicted molar refractivity (Wildman–Crippen MR) is 72.8 cm³/mol. The standard InChI is InChI=1S/C14H8F6N2O2/c15-13(16,17)8-5-6-11(12(7-8)22(23)24)21-10-4-2-1-3-9(10)14(18,19)20/h1-7,21H. The molecule has 0 fully saturated rings. The molecule has 0 bridgehead atoms. The van der Waals surface area contributed by atoms with Crippen molar-refractivity contribution >= 4 is 17.1 Å². The lowest BCUT2D eigenvalue weighted by atomic mass is 10.1. The van der Waals surface area contributed by atoms with Gasteiger partial charge in [-0.05, 0) is 24.3 Å². The Morgan fingerprint density at radius 3 is 2.04 bits per heavy atom. The summed E-state index contributed by atoms with van der Waals surface area (Å²) in [6.45, 7) is 0. The summed E-state index contributed by atoms with van der Waals surface area (Å²) in [6.07, 6.45) is -9.54. The maximum atomic E-state index is 12.9. The highest BCUT2D eigenvalue weighted by Gasteiger charge is 2.35. The van der Waals surface area contributed by atoms with Gasteiger partial charge in [0.15, 0.2) is 0 Å². The number of para-hydroxylation sites is 1. The molecule has 2 aromatic carbocycles. The van der Waals surface area contributed by atoms with Gasteiger partial charge in [0.2, 0.25) is 0 Å². The number of nitro groups is 1. The van der Waals surface area contributed by atoms with E-state index in [0.29, 0.717) is 12.1 Å². The fourth-order valence-electron chi connectivity index (χ4n) is 1.95. The van der Waals surface area contributed by atoms with Gasteiger partial charge in [-0.1, -0.05) is 12.1 Å². The van der Waals surface area contributed by atoms with Crippen LogP contribution in [0.2, 0.25) is 0 Å². The van der Waals surface area contributed by atoms with Crippen LogP contribution in [-0.2, 0) is 12.4 Å². The minimum atomic E-state index is -4.81. The van der Waals surface area contributed by atoms with Crippen LogP contribution in [0.3, 0.4) is 0 Å². The van der Waals surface area contributed by atoms with E-state index in [1.807, 2.05) is 0 Å². The van der Waals surface area contributed by atoms with Crippen molar-refractivity contribution in [2.24, 2.45) is 0 Å². The fraction of sp³-hybridized carbons (Fsp3) is 0.143. The number of nitrogens with zero attached hydrogens (tertiary/aromatic N) is 1. The second-order valence-electron chi connectivity index (χ2n) is 4.66. The third kappa shape index (κ3) is 3.76. The van der Waals surface area contributed by atoms with Crippen LogP contribution in [-0.4, -0.2) is 4.92 Å². The van der Waals surface area contributed by atoms with Crippen LogP contribution < -0.4 is 5.32 Å². The Kier molecular flexibility index (Phi) is 4.41. The lowest BCUT2D eigenvalue weighted by Gasteiger charge is -2.15. The van der Waals surface area contributed by atoms with Crippen molar-refractivity contribution < 1.29 is 31.3 Å². The maximum absolute atomic E-state index is 12.9. The van der Waals surface area contributed by atoms with Crippen LogP contribution in [0.15, 0.2) is 42.5 Å². The van der Waals surface area contributed by atoms with E-state index in [9.17, 15) is 36.5 Å². The molecule has 0 radical (unpaired) electrons. The molecule has 0 aliphatic rings. The largest absolute Gasteiger partial charge is 0.418 e. The van der Waals surface area contributed by atoms with Crippen LogP contribution in [0.5, 0.6) is 0 Å². The monoisotopic (exact) mass is 350 g/mol. The van der Waals surface area contributed by atoms with Gasteiger partial charge in [0.05, 0.1) is 21.7 Å². The molecule has 2 rings (SSSR count). The van der Waals surface area contributed by atoms with Gasteiger partial charge in [-0.2, -0.15) is 26.3 Å². The second kappa shape index (κ2) is 6.02. The van der Waals surface area contributed by atoms with Crippen molar-refractivity contribution in [3.63, 3.8) is 0 Å². The number of nitrogens with one attached hydrogen (secondary N) is 1. The number of nitro benzene ring substituents is 1. The van der Waals surface area contributed by atoms with Crippen LogP contribution in [0.1, 0.15) is 11.1 Å². The highest BCUT2D eigenvalue weighted by Crippen LogP contribution is 2.39. The van der Waals surface area contributed by atoms with Gasteiger partial charge in [-0.15, -0.1) is 0 Å². The molecule has 0 aromatic heterocycles. The Bertz CT molecular complexity index is 771. The van der Waals surface area contributed by atoms with Crippen molar-refractivity contribution in [2.45, 2.75) is 12.4 Å². The van der Waals surface area contributed by atoms with Crippen LogP contribution in [0.4, 0.5) is 43.4 Å². The summed E-state index contributed by atoms with van der Waals surface area (Å²) >= 11 is 0. The molecule has 0 amide bonds. The molecule has 10 heteroatoms. The normalized spacial score (nSPS) is 12.1. The van der Waals surface area contributed by atoms with E-state index in [0.717, 1.165) is 18.2 Å². The molecule has 4 nitrogen and oxygen atoms in total. The molecule has 128 valence electrons. The molecular weight excluding hydrogens is 342 g/mol. The Labute approximate surface area is 130 Å². The van der Waals surface area contributed by atoms with E-state index in [-0.39, 0.29) is 6.07 Å².